The minimum absolute atomic E-state index is 0.0615. The molecule has 3 N–H and O–H groups in total. The Kier molecular flexibility index (Phi) is 5.59. The zero-order chi connectivity index (χ0) is 15.2. The van der Waals surface area contributed by atoms with Crippen LogP contribution in [0.5, 0.6) is 0 Å². The van der Waals surface area contributed by atoms with Crippen molar-refractivity contribution in [3.63, 3.8) is 0 Å². The molecule has 21 heavy (non-hydrogen) atoms. The molecule has 0 saturated carbocycles. The molecule has 0 spiro atoms. The van der Waals surface area contributed by atoms with E-state index >= 15 is 0 Å². The van der Waals surface area contributed by atoms with E-state index in [0.29, 0.717) is 18.8 Å². The first-order chi connectivity index (χ1) is 10.1. The lowest BCUT2D eigenvalue weighted by atomic mass is 10.1. The van der Waals surface area contributed by atoms with Gasteiger partial charge in [-0.3, -0.25) is 4.79 Å². The highest BCUT2D eigenvalue weighted by Gasteiger charge is 2.11. The van der Waals surface area contributed by atoms with Crippen molar-refractivity contribution in [2.75, 3.05) is 6.54 Å². The average Bonchev–Trinajstić information content (AvgIpc) is 2.88. The number of nitrogens with two attached hydrogens (primary N) is 1. The Labute approximate surface area is 133 Å². The Morgan fingerprint density at radius 2 is 1.95 bits per heavy atom. The molecule has 1 aromatic carbocycles. The van der Waals surface area contributed by atoms with Crippen molar-refractivity contribution in [2.45, 2.75) is 26.4 Å². The number of hydrogen-bond donors (Lipinski definition) is 2. The predicted octanol–water partition coefficient (Wildman–Crippen LogP) is 2.70. The number of amides is 1. The Morgan fingerprint density at radius 1 is 1.29 bits per heavy atom. The monoisotopic (exact) mass is 349 g/mol. The molecule has 0 saturated heterocycles. The van der Waals surface area contributed by atoms with Crippen molar-refractivity contribution >= 4 is 21.8 Å². The molecule has 0 aliphatic rings. The molecule has 0 aliphatic carbocycles. The molecule has 0 radical (unpaired) electrons. The smallest absolute Gasteiger partial charge is 0.268 e. The van der Waals surface area contributed by atoms with Gasteiger partial charge in [0.1, 0.15) is 5.69 Å². The number of nitrogens with zero attached hydrogens (tertiary/aromatic N) is 1. The summed E-state index contributed by atoms with van der Waals surface area (Å²) < 4.78 is 2.84. The number of halogens is 1. The number of rotatable bonds is 6. The first-order valence-electron chi connectivity index (χ1n) is 7.05. The summed E-state index contributed by atoms with van der Waals surface area (Å²) in [5.41, 5.74) is 8.50. The lowest BCUT2D eigenvalue weighted by molar-refractivity contribution is 0.0941. The summed E-state index contributed by atoms with van der Waals surface area (Å²) in [6.45, 7) is 3.95. The van der Waals surface area contributed by atoms with Crippen LogP contribution in [0.25, 0.3) is 0 Å². The first-order valence-corrected chi connectivity index (χ1v) is 7.85. The van der Waals surface area contributed by atoms with Crippen LogP contribution < -0.4 is 11.1 Å². The second-order valence-corrected chi connectivity index (χ2v) is 5.78. The predicted molar refractivity (Wildman–Crippen MR) is 88.2 cm³/mol. The zero-order valence-electron chi connectivity index (χ0n) is 12.1. The van der Waals surface area contributed by atoms with Crippen LogP contribution >= 0.6 is 15.9 Å². The summed E-state index contributed by atoms with van der Waals surface area (Å²) in [4.78, 5) is 12.2. The fourth-order valence-electron chi connectivity index (χ4n) is 2.19. The van der Waals surface area contributed by atoms with Crippen LogP contribution in [0.15, 0.2) is 41.0 Å². The van der Waals surface area contributed by atoms with E-state index in [4.69, 9.17) is 5.73 Å². The van der Waals surface area contributed by atoms with Crippen LogP contribution in [0.2, 0.25) is 0 Å². The highest BCUT2D eigenvalue weighted by atomic mass is 79.9. The lowest BCUT2D eigenvalue weighted by Gasteiger charge is -2.08. The van der Waals surface area contributed by atoms with E-state index in [2.05, 4.69) is 33.4 Å². The van der Waals surface area contributed by atoms with Gasteiger partial charge in [0, 0.05) is 23.8 Å². The van der Waals surface area contributed by atoms with Gasteiger partial charge in [-0.1, -0.05) is 24.3 Å². The molecule has 4 nitrogen and oxygen atoms in total. The second kappa shape index (κ2) is 7.43. The zero-order valence-corrected chi connectivity index (χ0v) is 13.7. The number of carbonyl (C=O) groups excluding carboxylic acids is 1. The first kappa shape index (κ1) is 15.8. The van der Waals surface area contributed by atoms with Crippen molar-refractivity contribution in [3.8, 4) is 0 Å². The number of benzene rings is 1. The Morgan fingerprint density at radius 3 is 2.57 bits per heavy atom. The van der Waals surface area contributed by atoms with Crippen LogP contribution in [0.1, 0.15) is 28.5 Å². The quantitative estimate of drug-likeness (QED) is 0.842. The van der Waals surface area contributed by atoms with Gasteiger partial charge < -0.3 is 15.6 Å². The van der Waals surface area contributed by atoms with Crippen LogP contribution in [-0.2, 0) is 19.5 Å². The van der Waals surface area contributed by atoms with Crippen LogP contribution in [0.4, 0.5) is 0 Å². The summed E-state index contributed by atoms with van der Waals surface area (Å²) in [6, 6.07) is 10.0. The number of aromatic nitrogens is 1. The van der Waals surface area contributed by atoms with Crippen LogP contribution in [0, 0.1) is 0 Å². The van der Waals surface area contributed by atoms with Gasteiger partial charge in [-0.2, -0.15) is 0 Å². The third-order valence-corrected chi connectivity index (χ3v) is 3.78. The van der Waals surface area contributed by atoms with Crippen LogP contribution in [0.3, 0.4) is 0 Å². The standard InChI is InChI=1S/C16H20BrN3O/c1-2-20-11-14(17)9-15(20)16(21)19-10-13-5-3-12(4-6-13)7-8-18/h3-6,9,11H,2,7-8,10,18H2,1H3,(H,19,21). The molecule has 0 aliphatic heterocycles. The van der Waals surface area contributed by atoms with E-state index in [9.17, 15) is 4.79 Å². The molecule has 0 atom stereocenters. The average molecular weight is 350 g/mol. The molecule has 1 heterocycles. The van der Waals surface area contributed by atoms with Gasteiger partial charge in [-0.15, -0.1) is 0 Å². The molecule has 1 aromatic heterocycles. The molecule has 112 valence electrons. The molecule has 2 aromatic rings. The van der Waals surface area contributed by atoms with Crippen molar-refractivity contribution in [1.29, 1.82) is 0 Å². The molecular formula is C16H20BrN3O. The fourth-order valence-corrected chi connectivity index (χ4v) is 2.65. The highest BCUT2D eigenvalue weighted by Crippen LogP contribution is 2.15. The van der Waals surface area contributed by atoms with Crippen molar-refractivity contribution in [2.24, 2.45) is 5.73 Å². The van der Waals surface area contributed by atoms with Gasteiger partial charge >= 0.3 is 0 Å². The normalized spacial score (nSPS) is 10.6. The number of hydrogen-bond acceptors (Lipinski definition) is 2. The largest absolute Gasteiger partial charge is 0.347 e. The minimum atomic E-state index is -0.0615. The van der Waals surface area contributed by atoms with Crippen LogP contribution in [-0.4, -0.2) is 17.0 Å². The second-order valence-electron chi connectivity index (χ2n) is 4.87. The van der Waals surface area contributed by atoms with Gasteiger partial charge in [0.2, 0.25) is 0 Å². The minimum Gasteiger partial charge on any atom is -0.347 e. The fraction of sp³-hybridized carbons (Fsp3) is 0.312. The van der Waals surface area contributed by atoms with E-state index in [-0.39, 0.29) is 5.91 Å². The van der Waals surface area contributed by atoms with Crippen molar-refractivity contribution in [1.82, 2.24) is 9.88 Å². The molecule has 2 rings (SSSR count). The SMILES string of the molecule is CCn1cc(Br)cc1C(=O)NCc1ccc(CCN)cc1. The molecule has 0 unspecified atom stereocenters. The Bertz CT molecular complexity index is 604. The number of carbonyl (C=O) groups is 1. The van der Waals surface area contributed by atoms with E-state index in [1.165, 1.54) is 5.56 Å². The lowest BCUT2D eigenvalue weighted by Crippen LogP contribution is -2.25. The third-order valence-electron chi connectivity index (χ3n) is 3.35. The summed E-state index contributed by atoms with van der Waals surface area (Å²) >= 11 is 3.40. The molecule has 1 amide bonds. The van der Waals surface area contributed by atoms with Gasteiger partial charge in [-0.05, 0) is 53.0 Å². The summed E-state index contributed by atoms with van der Waals surface area (Å²) in [6.07, 6.45) is 2.79. The molecule has 0 bridgehead atoms. The number of nitrogens with one attached hydrogen (secondary N) is 1. The molecule has 5 heteroatoms. The van der Waals surface area contributed by atoms with E-state index < -0.39 is 0 Å². The maximum Gasteiger partial charge on any atom is 0.268 e. The van der Waals surface area contributed by atoms with E-state index in [1.54, 1.807) is 0 Å². The van der Waals surface area contributed by atoms with E-state index in [1.807, 2.05) is 35.9 Å². The van der Waals surface area contributed by atoms with Crippen molar-refractivity contribution in [3.05, 3.63) is 57.8 Å². The summed E-state index contributed by atoms with van der Waals surface area (Å²) in [7, 11) is 0. The Hall–Kier alpha value is -1.59. The van der Waals surface area contributed by atoms with Gasteiger partial charge in [-0.25, -0.2) is 0 Å². The topological polar surface area (TPSA) is 60.0 Å². The van der Waals surface area contributed by atoms with Crippen molar-refractivity contribution < 1.29 is 4.79 Å². The maximum absolute atomic E-state index is 12.2. The van der Waals surface area contributed by atoms with Gasteiger partial charge in [0.25, 0.3) is 5.91 Å². The third kappa shape index (κ3) is 4.19. The highest BCUT2D eigenvalue weighted by molar-refractivity contribution is 9.10. The van der Waals surface area contributed by atoms with E-state index in [0.717, 1.165) is 23.0 Å². The molecule has 0 fully saturated rings. The van der Waals surface area contributed by atoms with Gasteiger partial charge in [0.05, 0.1) is 0 Å². The summed E-state index contributed by atoms with van der Waals surface area (Å²) in [5, 5.41) is 2.95. The summed E-state index contributed by atoms with van der Waals surface area (Å²) in [5.74, 6) is -0.0615. The Balaban J connectivity index is 1.97. The van der Waals surface area contributed by atoms with Gasteiger partial charge in [0.15, 0.2) is 0 Å². The number of aryl methyl sites for hydroxylation is 1. The maximum atomic E-state index is 12.2. The molecular weight excluding hydrogens is 330 g/mol.